The van der Waals surface area contributed by atoms with E-state index in [-0.39, 0.29) is 6.04 Å². The van der Waals surface area contributed by atoms with Crippen LogP contribution in [0.5, 0.6) is 5.75 Å². The number of para-hydroxylation sites is 1. The molecule has 6 heteroatoms. The van der Waals surface area contributed by atoms with E-state index in [2.05, 4.69) is 10.3 Å². The van der Waals surface area contributed by atoms with Gasteiger partial charge in [0.2, 0.25) is 6.23 Å². The molecule has 1 fully saturated rings. The predicted molar refractivity (Wildman–Crippen MR) is 113 cm³/mol. The number of aldehydes is 1. The first-order valence-electron chi connectivity index (χ1n) is 9.39. The molecule has 1 aromatic heterocycles. The molecule has 4 rings (SSSR count). The number of likely N-dealkylation sites (tertiary alicyclic amines) is 1. The quantitative estimate of drug-likeness (QED) is 0.494. The van der Waals surface area contributed by atoms with Gasteiger partial charge in [0, 0.05) is 22.5 Å². The molecule has 144 valence electrons. The summed E-state index contributed by atoms with van der Waals surface area (Å²) in [6.07, 6.45) is 3.41. The Balaban J connectivity index is 1.56. The van der Waals surface area contributed by atoms with Crippen molar-refractivity contribution in [3.05, 3.63) is 70.0 Å². The average Bonchev–Trinajstić information content (AvgIpc) is 3.23. The number of rotatable bonds is 6. The van der Waals surface area contributed by atoms with Crippen LogP contribution >= 0.6 is 22.9 Å². The van der Waals surface area contributed by atoms with E-state index < -0.39 is 6.23 Å². The predicted octanol–water partition coefficient (Wildman–Crippen LogP) is 5.59. The van der Waals surface area contributed by atoms with Crippen molar-refractivity contribution in [2.24, 2.45) is 0 Å². The van der Waals surface area contributed by atoms with Crippen LogP contribution in [-0.4, -0.2) is 28.9 Å². The van der Waals surface area contributed by atoms with Gasteiger partial charge < -0.3 is 4.74 Å². The van der Waals surface area contributed by atoms with Crippen LogP contribution in [0.3, 0.4) is 0 Å². The van der Waals surface area contributed by atoms with E-state index in [9.17, 15) is 4.79 Å². The summed E-state index contributed by atoms with van der Waals surface area (Å²) in [5.74, 6) is 0.699. The zero-order valence-corrected chi connectivity index (χ0v) is 16.9. The lowest BCUT2D eigenvalue weighted by molar-refractivity contribution is -0.125. The van der Waals surface area contributed by atoms with Gasteiger partial charge in [-0.3, -0.25) is 9.69 Å². The first kappa shape index (κ1) is 19.1. The van der Waals surface area contributed by atoms with Crippen molar-refractivity contribution < 1.29 is 9.53 Å². The van der Waals surface area contributed by atoms with Crippen LogP contribution in [0.15, 0.2) is 60.0 Å². The highest BCUT2D eigenvalue weighted by molar-refractivity contribution is 7.10. The molecule has 0 amide bonds. The SMILES string of the molecule is O=CC(Oc1ccccc1)N1CCCC[C@@H]1c1nc(-c2ccc(Cl)cc2)cs1. The van der Waals surface area contributed by atoms with Crippen molar-refractivity contribution in [3.8, 4) is 17.0 Å². The Hall–Kier alpha value is -2.21. The fraction of sp³-hybridized carbons (Fsp3) is 0.273. The minimum Gasteiger partial charge on any atom is -0.468 e. The number of benzene rings is 2. The Morgan fingerprint density at radius 1 is 1.14 bits per heavy atom. The Labute approximate surface area is 173 Å². The first-order chi connectivity index (χ1) is 13.7. The lowest BCUT2D eigenvalue weighted by atomic mass is 10.0. The van der Waals surface area contributed by atoms with Gasteiger partial charge in [-0.15, -0.1) is 11.3 Å². The number of ether oxygens (including phenoxy) is 1. The summed E-state index contributed by atoms with van der Waals surface area (Å²) < 4.78 is 5.98. The van der Waals surface area contributed by atoms with Crippen LogP contribution in [0.2, 0.25) is 5.02 Å². The van der Waals surface area contributed by atoms with E-state index in [0.717, 1.165) is 48.4 Å². The molecule has 28 heavy (non-hydrogen) atoms. The van der Waals surface area contributed by atoms with Crippen molar-refractivity contribution in [1.29, 1.82) is 0 Å². The molecule has 0 bridgehead atoms. The molecule has 1 aliphatic heterocycles. The molecule has 0 radical (unpaired) electrons. The zero-order valence-electron chi connectivity index (χ0n) is 15.3. The van der Waals surface area contributed by atoms with Gasteiger partial charge in [-0.1, -0.05) is 48.4 Å². The maximum absolute atomic E-state index is 11.8. The smallest absolute Gasteiger partial charge is 0.209 e. The number of aromatic nitrogens is 1. The van der Waals surface area contributed by atoms with Gasteiger partial charge in [0.15, 0.2) is 6.29 Å². The largest absolute Gasteiger partial charge is 0.468 e. The third-order valence-electron chi connectivity index (χ3n) is 4.93. The minimum atomic E-state index is -0.615. The highest BCUT2D eigenvalue weighted by Gasteiger charge is 2.33. The normalized spacial score (nSPS) is 18.5. The molecule has 2 atom stereocenters. The number of piperidine rings is 1. The van der Waals surface area contributed by atoms with Gasteiger partial charge in [0.1, 0.15) is 10.8 Å². The molecule has 0 aliphatic carbocycles. The number of hydrogen-bond donors (Lipinski definition) is 0. The molecule has 1 saturated heterocycles. The summed E-state index contributed by atoms with van der Waals surface area (Å²) in [6.45, 7) is 0.816. The maximum atomic E-state index is 11.8. The first-order valence-corrected chi connectivity index (χ1v) is 10.6. The number of carbonyl (C=O) groups is 1. The molecule has 1 unspecified atom stereocenters. The maximum Gasteiger partial charge on any atom is 0.209 e. The fourth-order valence-electron chi connectivity index (χ4n) is 3.53. The number of hydrogen-bond acceptors (Lipinski definition) is 5. The van der Waals surface area contributed by atoms with E-state index in [0.29, 0.717) is 10.8 Å². The second-order valence-corrected chi connectivity index (χ2v) is 8.11. The molecule has 3 aromatic rings. The summed E-state index contributed by atoms with van der Waals surface area (Å²) in [6, 6.07) is 17.3. The topological polar surface area (TPSA) is 42.4 Å². The molecule has 2 aromatic carbocycles. The second-order valence-electron chi connectivity index (χ2n) is 6.78. The fourth-order valence-corrected chi connectivity index (χ4v) is 4.64. The van der Waals surface area contributed by atoms with E-state index in [1.807, 2.05) is 54.6 Å². The van der Waals surface area contributed by atoms with E-state index >= 15 is 0 Å². The number of thiazole rings is 1. The van der Waals surface area contributed by atoms with Crippen LogP contribution in [-0.2, 0) is 4.79 Å². The molecule has 4 nitrogen and oxygen atoms in total. The third kappa shape index (κ3) is 4.27. The van der Waals surface area contributed by atoms with Crippen molar-refractivity contribution in [2.45, 2.75) is 31.5 Å². The molecule has 0 spiro atoms. The zero-order chi connectivity index (χ0) is 19.3. The number of carbonyl (C=O) groups excluding carboxylic acids is 1. The van der Waals surface area contributed by atoms with Gasteiger partial charge in [-0.25, -0.2) is 4.98 Å². The van der Waals surface area contributed by atoms with Crippen molar-refractivity contribution in [2.75, 3.05) is 6.54 Å². The number of halogens is 1. The van der Waals surface area contributed by atoms with Crippen LogP contribution in [0, 0.1) is 0 Å². The molecular weight excluding hydrogens is 392 g/mol. The highest BCUT2D eigenvalue weighted by atomic mass is 35.5. The third-order valence-corrected chi connectivity index (χ3v) is 6.13. The Bertz CT molecular complexity index is 914. The Kier molecular flexibility index (Phi) is 6.05. The molecular formula is C22H21ClN2O2S. The van der Waals surface area contributed by atoms with Crippen molar-refractivity contribution in [3.63, 3.8) is 0 Å². The summed E-state index contributed by atoms with van der Waals surface area (Å²) in [4.78, 5) is 18.9. The van der Waals surface area contributed by atoms with Crippen LogP contribution < -0.4 is 4.74 Å². The van der Waals surface area contributed by atoms with Crippen molar-refractivity contribution in [1.82, 2.24) is 9.88 Å². The van der Waals surface area contributed by atoms with Gasteiger partial charge in [0.05, 0.1) is 11.7 Å². The monoisotopic (exact) mass is 412 g/mol. The standard InChI is InChI=1S/C22H21ClN2O2S/c23-17-11-9-16(10-12-17)19-15-28-22(24-19)20-8-4-5-13-25(20)21(14-26)27-18-6-2-1-3-7-18/h1-3,6-7,9-12,14-15,20-21H,4-5,8,13H2/t20-,21?/m1/s1. The number of nitrogens with zero attached hydrogens (tertiary/aromatic N) is 2. The van der Waals surface area contributed by atoms with Gasteiger partial charge in [-0.05, 0) is 37.1 Å². The summed E-state index contributed by atoms with van der Waals surface area (Å²) in [5.41, 5.74) is 1.98. The summed E-state index contributed by atoms with van der Waals surface area (Å²) in [7, 11) is 0. The average molecular weight is 413 g/mol. The molecule has 0 N–H and O–H groups in total. The van der Waals surface area contributed by atoms with Crippen LogP contribution in [0.4, 0.5) is 0 Å². The Morgan fingerprint density at radius 2 is 1.93 bits per heavy atom. The minimum absolute atomic E-state index is 0.0821. The van der Waals surface area contributed by atoms with E-state index in [1.54, 1.807) is 11.3 Å². The van der Waals surface area contributed by atoms with Crippen molar-refractivity contribution >= 4 is 29.2 Å². The lowest BCUT2D eigenvalue weighted by Crippen LogP contribution is -2.45. The molecule has 2 heterocycles. The van der Waals surface area contributed by atoms with Crippen LogP contribution in [0.1, 0.15) is 30.3 Å². The molecule has 0 saturated carbocycles. The molecule has 1 aliphatic rings. The van der Waals surface area contributed by atoms with Gasteiger partial charge in [0.25, 0.3) is 0 Å². The van der Waals surface area contributed by atoms with Gasteiger partial charge >= 0.3 is 0 Å². The Morgan fingerprint density at radius 3 is 2.68 bits per heavy atom. The summed E-state index contributed by atoms with van der Waals surface area (Å²) in [5, 5.41) is 3.80. The van der Waals surface area contributed by atoms with Crippen LogP contribution in [0.25, 0.3) is 11.3 Å². The second kappa shape index (κ2) is 8.86. The van der Waals surface area contributed by atoms with E-state index in [1.165, 1.54) is 0 Å². The van der Waals surface area contributed by atoms with Gasteiger partial charge in [-0.2, -0.15) is 0 Å². The summed E-state index contributed by atoms with van der Waals surface area (Å²) >= 11 is 7.63. The highest BCUT2D eigenvalue weighted by Crippen LogP contribution is 2.36. The lowest BCUT2D eigenvalue weighted by Gasteiger charge is -2.37. The van der Waals surface area contributed by atoms with E-state index in [4.69, 9.17) is 21.3 Å².